The summed E-state index contributed by atoms with van der Waals surface area (Å²) in [7, 11) is 0. The molecule has 2 nitrogen and oxygen atoms in total. The van der Waals surface area contributed by atoms with Gasteiger partial charge in [-0.3, -0.25) is 4.79 Å². The van der Waals surface area contributed by atoms with Crippen LogP contribution in [0, 0.1) is 5.41 Å². The lowest BCUT2D eigenvalue weighted by Crippen LogP contribution is -2.31. The Balaban J connectivity index is 2.42. The van der Waals surface area contributed by atoms with E-state index in [2.05, 4.69) is 0 Å². The van der Waals surface area contributed by atoms with Crippen molar-refractivity contribution in [3.05, 3.63) is 39.4 Å². The molecule has 0 bridgehead atoms. The van der Waals surface area contributed by atoms with E-state index in [1.165, 1.54) is 0 Å². The molecule has 0 spiro atoms. The van der Waals surface area contributed by atoms with Crippen molar-refractivity contribution in [2.24, 2.45) is 5.41 Å². The van der Waals surface area contributed by atoms with Crippen molar-refractivity contribution < 1.29 is 9.53 Å². The Morgan fingerprint density at radius 2 is 2.06 bits per heavy atom. The Morgan fingerprint density at radius 3 is 2.78 bits per heavy atom. The van der Waals surface area contributed by atoms with Crippen LogP contribution in [0.2, 0.25) is 10.0 Å². The van der Waals surface area contributed by atoms with Crippen LogP contribution < -0.4 is 0 Å². The van der Waals surface area contributed by atoms with Crippen LogP contribution in [0.5, 0.6) is 0 Å². The van der Waals surface area contributed by atoms with Crippen LogP contribution in [-0.4, -0.2) is 12.6 Å². The van der Waals surface area contributed by atoms with E-state index < -0.39 is 0 Å². The van der Waals surface area contributed by atoms with Crippen LogP contribution in [0.25, 0.3) is 6.08 Å². The quantitative estimate of drug-likeness (QED) is 0.717. The highest BCUT2D eigenvalue weighted by Gasteiger charge is 2.31. The molecule has 1 aromatic carbocycles. The van der Waals surface area contributed by atoms with Gasteiger partial charge in [0.25, 0.3) is 0 Å². The lowest BCUT2D eigenvalue weighted by Gasteiger charge is -2.32. The number of benzene rings is 1. The van der Waals surface area contributed by atoms with Gasteiger partial charge < -0.3 is 4.74 Å². The summed E-state index contributed by atoms with van der Waals surface area (Å²) in [5.74, 6) is -0.196. The highest BCUT2D eigenvalue weighted by molar-refractivity contribution is 6.42. The van der Waals surface area contributed by atoms with Gasteiger partial charge in [-0.15, -0.1) is 0 Å². The van der Waals surface area contributed by atoms with E-state index in [1.807, 2.05) is 32.1 Å². The zero-order chi connectivity index (χ0) is 13.3. The van der Waals surface area contributed by atoms with Gasteiger partial charge in [-0.1, -0.05) is 55.3 Å². The fourth-order valence-electron chi connectivity index (χ4n) is 1.87. The molecule has 0 unspecified atom stereocenters. The Kier molecular flexibility index (Phi) is 3.69. The van der Waals surface area contributed by atoms with Crippen LogP contribution in [0.15, 0.2) is 23.8 Å². The molecule has 96 valence electrons. The van der Waals surface area contributed by atoms with Crippen molar-refractivity contribution in [1.82, 2.24) is 0 Å². The Morgan fingerprint density at radius 1 is 1.33 bits per heavy atom. The number of carbonyl (C=O) groups excluding carboxylic acids is 1. The first-order valence-electron chi connectivity index (χ1n) is 5.71. The SMILES string of the molecule is CC1(C)COC(=O)C/C1=C\c1cccc(Cl)c1Cl. The molecule has 0 amide bonds. The van der Waals surface area contributed by atoms with Gasteiger partial charge >= 0.3 is 5.97 Å². The Hall–Kier alpha value is -0.990. The molecule has 0 N–H and O–H groups in total. The molecule has 1 aromatic rings. The van der Waals surface area contributed by atoms with Crippen LogP contribution in [0.3, 0.4) is 0 Å². The molecule has 0 aromatic heterocycles. The van der Waals surface area contributed by atoms with Crippen molar-refractivity contribution >= 4 is 35.2 Å². The molecule has 0 saturated carbocycles. The number of ether oxygens (including phenoxy) is 1. The molecule has 1 heterocycles. The van der Waals surface area contributed by atoms with Gasteiger partial charge in [-0.25, -0.2) is 0 Å². The number of hydrogen-bond acceptors (Lipinski definition) is 2. The van der Waals surface area contributed by atoms with E-state index in [4.69, 9.17) is 27.9 Å². The van der Waals surface area contributed by atoms with Crippen LogP contribution in [-0.2, 0) is 9.53 Å². The third kappa shape index (κ3) is 2.70. The van der Waals surface area contributed by atoms with E-state index in [1.54, 1.807) is 6.07 Å². The third-order valence-corrected chi connectivity index (χ3v) is 3.94. The number of esters is 1. The molecule has 4 heteroatoms. The summed E-state index contributed by atoms with van der Waals surface area (Å²) in [4.78, 5) is 11.4. The summed E-state index contributed by atoms with van der Waals surface area (Å²) >= 11 is 12.1. The van der Waals surface area contributed by atoms with Gasteiger partial charge in [0, 0.05) is 5.41 Å². The van der Waals surface area contributed by atoms with Gasteiger partial charge in [0.15, 0.2) is 0 Å². The first-order valence-corrected chi connectivity index (χ1v) is 6.46. The van der Waals surface area contributed by atoms with Gasteiger partial charge in [0.2, 0.25) is 0 Å². The van der Waals surface area contributed by atoms with Gasteiger partial charge in [-0.2, -0.15) is 0 Å². The minimum Gasteiger partial charge on any atom is -0.465 e. The summed E-state index contributed by atoms with van der Waals surface area (Å²) in [6.45, 7) is 4.49. The highest BCUT2D eigenvalue weighted by Crippen LogP contribution is 2.36. The van der Waals surface area contributed by atoms with Crippen molar-refractivity contribution in [2.45, 2.75) is 20.3 Å². The predicted molar refractivity (Wildman–Crippen MR) is 73.8 cm³/mol. The number of cyclic esters (lactones) is 1. The van der Waals surface area contributed by atoms with Gasteiger partial charge in [0.05, 0.1) is 16.5 Å². The Labute approximate surface area is 117 Å². The maximum Gasteiger partial charge on any atom is 0.309 e. The monoisotopic (exact) mass is 284 g/mol. The Bertz CT molecular complexity index is 519. The second-order valence-electron chi connectivity index (χ2n) is 5.03. The normalized spacial score (nSPS) is 20.9. The number of hydrogen-bond donors (Lipinski definition) is 0. The van der Waals surface area contributed by atoms with E-state index >= 15 is 0 Å². The van der Waals surface area contributed by atoms with E-state index in [9.17, 15) is 4.79 Å². The topological polar surface area (TPSA) is 26.3 Å². The average molecular weight is 285 g/mol. The maximum absolute atomic E-state index is 11.4. The summed E-state index contributed by atoms with van der Waals surface area (Å²) in [5, 5.41) is 1.03. The molecule has 1 saturated heterocycles. The van der Waals surface area contributed by atoms with E-state index in [0.717, 1.165) is 11.1 Å². The van der Waals surface area contributed by atoms with Crippen LogP contribution in [0.4, 0.5) is 0 Å². The first-order chi connectivity index (χ1) is 8.40. The number of carbonyl (C=O) groups is 1. The molecule has 1 aliphatic rings. The fourth-order valence-corrected chi connectivity index (χ4v) is 2.23. The van der Waals surface area contributed by atoms with Crippen molar-refractivity contribution in [2.75, 3.05) is 6.61 Å². The summed E-state index contributed by atoms with van der Waals surface area (Å²) in [5.41, 5.74) is 1.68. The average Bonchev–Trinajstić information content (AvgIpc) is 2.30. The van der Waals surface area contributed by atoms with E-state index in [0.29, 0.717) is 23.1 Å². The smallest absolute Gasteiger partial charge is 0.309 e. The second-order valence-corrected chi connectivity index (χ2v) is 5.82. The molecule has 2 rings (SSSR count). The summed E-state index contributed by atoms with van der Waals surface area (Å²) in [6, 6.07) is 5.47. The van der Waals surface area contributed by atoms with Crippen molar-refractivity contribution in [3.63, 3.8) is 0 Å². The lowest BCUT2D eigenvalue weighted by atomic mass is 9.80. The zero-order valence-corrected chi connectivity index (χ0v) is 11.8. The number of halogens is 2. The second kappa shape index (κ2) is 4.94. The third-order valence-electron chi connectivity index (χ3n) is 3.11. The lowest BCUT2D eigenvalue weighted by molar-refractivity contribution is -0.148. The maximum atomic E-state index is 11.4. The minimum absolute atomic E-state index is 0.167. The largest absolute Gasteiger partial charge is 0.465 e. The highest BCUT2D eigenvalue weighted by atomic mass is 35.5. The molecule has 0 aliphatic carbocycles. The van der Waals surface area contributed by atoms with Gasteiger partial charge in [0.1, 0.15) is 6.61 Å². The van der Waals surface area contributed by atoms with E-state index in [-0.39, 0.29) is 11.4 Å². The molecule has 1 fully saturated rings. The molecular weight excluding hydrogens is 271 g/mol. The minimum atomic E-state index is -0.196. The zero-order valence-electron chi connectivity index (χ0n) is 10.3. The predicted octanol–water partition coefficient (Wildman–Crippen LogP) is 4.35. The molecule has 18 heavy (non-hydrogen) atoms. The first kappa shape index (κ1) is 13.4. The van der Waals surface area contributed by atoms with Crippen LogP contribution in [0.1, 0.15) is 25.8 Å². The molecular formula is C14H14Cl2O2. The van der Waals surface area contributed by atoms with Crippen molar-refractivity contribution in [1.29, 1.82) is 0 Å². The van der Waals surface area contributed by atoms with Gasteiger partial charge in [-0.05, 0) is 17.2 Å². The fraction of sp³-hybridized carbons (Fsp3) is 0.357. The van der Waals surface area contributed by atoms with Crippen molar-refractivity contribution in [3.8, 4) is 0 Å². The molecule has 1 aliphatic heterocycles. The summed E-state index contributed by atoms with van der Waals surface area (Å²) in [6.07, 6.45) is 2.24. The molecule has 0 atom stereocenters. The number of rotatable bonds is 1. The summed E-state index contributed by atoms with van der Waals surface area (Å²) < 4.78 is 5.08. The standard InChI is InChI=1S/C14H14Cl2O2/c1-14(2)8-18-12(17)7-10(14)6-9-4-3-5-11(15)13(9)16/h3-6H,7-8H2,1-2H3/b10-6+. The van der Waals surface area contributed by atoms with Crippen LogP contribution >= 0.6 is 23.2 Å². The molecule has 0 radical (unpaired) electrons.